The number of pyridine rings is 1. The Kier molecular flexibility index (Phi) is 3.77. The highest BCUT2D eigenvalue weighted by molar-refractivity contribution is 9.10. The highest BCUT2D eigenvalue weighted by atomic mass is 79.9. The van der Waals surface area contributed by atoms with E-state index >= 15 is 0 Å². The zero-order valence-electron chi connectivity index (χ0n) is 11.0. The minimum Gasteiger partial charge on any atom is -0.236 e. The molecular weight excluding hydrogens is 334 g/mol. The number of hydrogen-bond donors (Lipinski definition) is 0. The van der Waals surface area contributed by atoms with E-state index < -0.39 is 0 Å². The summed E-state index contributed by atoms with van der Waals surface area (Å²) < 4.78 is 1.05. The Bertz CT molecular complexity index is 766. The second-order valence-corrected chi connectivity index (χ2v) is 6.21. The fraction of sp³-hybridized carbons (Fsp3) is 0.118. The fourth-order valence-electron chi connectivity index (χ4n) is 2.22. The lowest BCUT2D eigenvalue weighted by molar-refractivity contribution is 1.16. The van der Waals surface area contributed by atoms with E-state index in [-0.39, 0.29) is 0 Å². The summed E-state index contributed by atoms with van der Waals surface area (Å²) in [7, 11) is 0. The number of fused-ring (bicyclic) bond motifs is 1. The lowest BCUT2D eigenvalue weighted by atomic mass is 10.0. The Hall–Kier alpha value is -1.38. The van der Waals surface area contributed by atoms with Gasteiger partial charge in [-0.2, -0.15) is 0 Å². The zero-order chi connectivity index (χ0) is 14.1. The molecule has 2 aromatic carbocycles. The quantitative estimate of drug-likeness (QED) is 0.554. The van der Waals surface area contributed by atoms with Crippen molar-refractivity contribution in [3.05, 3.63) is 74.8 Å². The first kappa shape index (κ1) is 13.6. The van der Waals surface area contributed by atoms with Gasteiger partial charge in [0.05, 0.1) is 5.52 Å². The van der Waals surface area contributed by atoms with Crippen LogP contribution in [0, 0.1) is 6.92 Å². The highest BCUT2D eigenvalue weighted by Crippen LogP contribution is 2.25. The number of nitrogens with zero attached hydrogens (tertiary/aromatic N) is 1. The van der Waals surface area contributed by atoms with E-state index in [0.717, 1.165) is 27.4 Å². The van der Waals surface area contributed by atoms with Crippen LogP contribution in [0.15, 0.2) is 53.0 Å². The summed E-state index contributed by atoms with van der Waals surface area (Å²) in [4.78, 5) is 4.48. The number of halogens is 2. The van der Waals surface area contributed by atoms with Crippen molar-refractivity contribution in [2.45, 2.75) is 13.3 Å². The van der Waals surface area contributed by atoms with Gasteiger partial charge in [0.1, 0.15) is 5.15 Å². The molecule has 0 saturated heterocycles. The summed E-state index contributed by atoms with van der Waals surface area (Å²) in [5, 5.41) is 1.69. The predicted octanol–water partition coefficient (Wildman–Crippen LogP) is 5.55. The van der Waals surface area contributed by atoms with Gasteiger partial charge in [0.15, 0.2) is 0 Å². The molecule has 20 heavy (non-hydrogen) atoms. The molecule has 0 aliphatic rings. The molecule has 0 saturated carbocycles. The van der Waals surface area contributed by atoms with Gasteiger partial charge in [-0.1, -0.05) is 57.4 Å². The molecule has 0 radical (unpaired) electrons. The van der Waals surface area contributed by atoms with E-state index in [1.807, 2.05) is 12.1 Å². The Morgan fingerprint density at radius 2 is 1.80 bits per heavy atom. The molecule has 1 aromatic heterocycles. The first-order valence-corrected chi connectivity index (χ1v) is 7.59. The minimum absolute atomic E-state index is 0.584. The van der Waals surface area contributed by atoms with E-state index in [1.54, 1.807) is 0 Å². The van der Waals surface area contributed by atoms with Crippen LogP contribution in [0.25, 0.3) is 10.9 Å². The predicted molar refractivity (Wildman–Crippen MR) is 88.4 cm³/mol. The van der Waals surface area contributed by atoms with Crippen molar-refractivity contribution in [2.24, 2.45) is 0 Å². The van der Waals surface area contributed by atoms with Gasteiger partial charge < -0.3 is 0 Å². The summed E-state index contributed by atoms with van der Waals surface area (Å²) in [6.07, 6.45) is 0.800. The first-order valence-electron chi connectivity index (χ1n) is 6.42. The van der Waals surface area contributed by atoms with Gasteiger partial charge in [0, 0.05) is 16.3 Å². The van der Waals surface area contributed by atoms with Crippen LogP contribution in [-0.2, 0) is 6.42 Å². The number of benzene rings is 2. The maximum atomic E-state index is 6.30. The smallest absolute Gasteiger partial charge is 0.133 e. The molecule has 0 aliphatic heterocycles. The molecule has 1 heterocycles. The molecule has 3 rings (SSSR count). The summed E-state index contributed by atoms with van der Waals surface area (Å²) >= 11 is 9.79. The molecule has 0 aliphatic carbocycles. The van der Waals surface area contributed by atoms with Crippen LogP contribution in [0.3, 0.4) is 0 Å². The van der Waals surface area contributed by atoms with E-state index in [9.17, 15) is 0 Å². The largest absolute Gasteiger partial charge is 0.236 e. The fourth-order valence-corrected chi connectivity index (χ4v) is 2.81. The second kappa shape index (κ2) is 5.55. The van der Waals surface area contributed by atoms with Gasteiger partial charge in [0.25, 0.3) is 0 Å². The minimum atomic E-state index is 0.584. The van der Waals surface area contributed by atoms with Gasteiger partial charge in [-0.15, -0.1) is 0 Å². The molecule has 0 fully saturated rings. The SMILES string of the molecule is Cc1ccc(Cc2cc3cc(Br)ccc3nc2Cl)cc1. The van der Waals surface area contributed by atoms with Crippen molar-refractivity contribution in [3.8, 4) is 0 Å². The first-order chi connectivity index (χ1) is 9.61. The average Bonchev–Trinajstić information content (AvgIpc) is 2.42. The summed E-state index contributed by atoms with van der Waals surface area (Å²) in [6.45, 7) is 2.09. The zero-order valence-corrected chi connectivity index (χ0v) is 13.4. The van der Waals surface area contributed by atoms with E-state index in [0.29, 0.717) is 5.15 Å². The maximum absolute atomic E-state index is 6.30. The molecule has 1 nitrogen and oxygen atoms in total. The Balaban J connectivity index is 2.02. The van der Waals surface area contributed by atoms with Crippen LogP contribution in [0.4, 0.5) is 0 Å². The van der Waals surface area contributed by atoms with Crippen molar-refractivity contribution in [1.82, 2.24) is 4.98 Å². The molecule has 3 heteroatoms. The molecule has 0 atom stereocenters. The van der Waals surface area contributed by atoms with Gasteiger partial charge in [-0.05, 0) is 42.3 Å². The molecule has 0 unspecified atom stereocenters. The summed E-state index contributed by atoms with van der Waals surface area (Å²) in [5.74, 6) is 0. The molecule has 0 spiro atoms. The number of hydrogen-bond acceptors (Lipinski definition) is 1. The van der Waals surface area contributed by atoms with Gasteiger partial charge in [-0.3, -0.25) is 0 Å². The van der Waals surface area contributed by atoms with E-state index in [4.69, 9.17) is 11.6 Å². The van der Waals surface area contributed by atoms with Crippen molar-refractivity contribution in [1.29, 1.82) is 0 Å². The Morgan fingerprint density at radius 3 is 2.55 bits per heavy atom. The van der Waals surface area contributed by atoms with Gasteiger partial charge in [-0.25, -0.2) is 4.98 Å². The topological polar surface area (TPSA) is 12.9 Å². The molecular formula is C17H13BrClN. The number of aromatic nitrogens is 1. The van der Waals surface area contributed by atoms with Crippen LogP contribution in [0.5, 0.6) is 0 Å². The lowest BCUT2D eigenvalue weighted by Gasteiger charge is -2.07. The van der Waals surface area contributed by atoms with E-state index in [2.05, 4.69) is 64.2 Å². The summed E-state index contributed by atoms with van der Waals surface area (Å²) in [6, 6.07) is 16.6. The van der Waals surface area contributed by atoms with Crippen molar-refractivity contribution in [2.75, 3.05) is 0 Å². The number of aryl methyl sites for hydroxylation is 1. The van der Waals surface area contributed by atoms with Crippen molar-refractivity contribution in [3.63, 3.8) is 0 Å². The Morgan fingerprint density at radius 1 is 1.05 bits per heavy atom. The van der Waals surface area contributed by atoms with Crippen molar-refractivity contribution < 1.29 is 0 Å². The monoisotopic (exact) mass is 345 g/mol. The third-order valence-electron chi connectivity index (χ3n) is 3.32. The average molecular weight is 347 g/mol. The maximum Gasteiger partial charge on any atom is 0.133 e. The number of rotatable bonds is 2. The third kappa shape index (κ3) is 2.87. The third-order valence-corrected chi connectivity index (χ3v) is 4.14. The van der Waals surface area contributed by atoms with E-state index in [1.165, 1.54) is 11.1 Å². The summed E-state index contributed by atoms with van der Waals surface area (Å²) in [5.41, 5.74) is 4.49. The molecule has 0 N–H and O–H groups in total. The van der Waals surface area contributed by atoms with Crippen LogP contribution < -0.4 is 0 Å². The Labute approximate surface area is 131 Å². The van der Waals surface area contributed by atoms with Crippen LogP contribution in [0.2, 0.25) is 5.15 Å². The van der Waals surface area contributed by atoms with Crippen LogP contribution in [0.1, 0.15) is 16.7 Å². The lowest BCUT2D eigenvalue weighted by Crippen LogP contribution is -1.93. The van der Waals surface area contributed by atoms with Crippen molar-refractivity contribution >= 4 is 38.4 Å². The second-order valence-electron chi connectivity index (χ2n) is 4.94. The van der Waals surface area contributed by atoms with Crippen LogP contribution >= 0.6 is 27.5 Å². The molecule has 0 amide bonds. The molecule has 0 bridgehead atoms. The van der Waals surface area contributed by atoms with Gasteiger partial charge in [0.2, 0.25) is 0 Å². The van der Waals surface area contributed by atoms with Crippen LogP contribution in [-0.4, -0.2) is 4.98 Å². The molecule has 100 valence electrons. The standard InChI is InChI=1S/C17H13BrClN/c1-11-2-4-12(5-3-11)8-14-9-13-10-15(18)6-7-16(13)20-17(14)19/h2-7,9-10H,8H2,1H3. The molecule has 3 aromatic rings. The normalized spacial score (nSPS) is 10.9. The van der Waals surface area contributed by atoms with Gasteiger partial charge >= 0.3 is 0 Å². The highest BCUT2D eigenvalue weighted by Gasteiger charge is 2.06.